The zero-order valence-electron chi connectivity index (χ0n) is 40.0. The smallest absolute Gasteiger partial charge is 0.306 e. The van der Waals surface area contributed by atoms with Gasteiger partial charge in [-0.1, -0.05) is 216 Å². The predicted molar refractivity (Wildman–Crippen MR) is 261 cm³/mol. The van der Waals surface area contributed by atoms with E-state index in [-0.39, 0.29) is 25.2 Å². The summed E-state index contributed by atoms with van der Waals surface area (Å²) in [5.74, 6) is -0.448. The van der Waals surface area contributed by atoms with Gasteiger partial charge in [0.2, 0.25) is 0 Å². The first-order chi connectivity index (χ1) is 29.6. The molecule has 5 heteroatoms. The van der Waals surface area contributed by atoms with Crippen molar-refractivity contribution in [3.63, 3.8) is 0 Å². The summed E-state index contributed by atoms with van der Waals surface area (Å²) in [5, 5.41) is 0. The van der Waals surface area contributed by atoms with E-state index in [1.165, 1.54) is 135 Å². The number of unbranched alkanes of at least 4 members (excludes halogenated alkanes) is 26. The molecule has 5 nitrogen and oxygen atoms in total. The number of hydrogen-bond acceptors (Lipinski definition) is 5. The molecule has 0 saturated carbocycles. The lowest BCUT2D eigenvalue weighted by molar-refractivity contribution is -0.163. The maximum atomic E-state index is 12.8. The maximum absolute atomic E-state index is 12.8. The molecule has 348 valence electrons. The van der Waals surface area contributed by atoms with Crippen LogP contribution in [-0.2, 0) is 23.8 Å². The first kappa shape index (κ1) is 57.6. The molecule has 0 N–H and O–H groups in total. The average molecular weight is 839 g/mol. The van der Waals surface area contributed by atoms with E-state index in [1.807, 2.05) is 0 Å². The van der Waals surface area contributed by atoms with Crippen molar-refractivity contribution in [3.05, 3.63) is 60.8 Å². The van der Waals surface area contributed by atoms with Crippen LogP contribution in [0, 0.1) is 0 Å². The van der Waals surface area contributed by atoms with E-state index in [2.05, 4.69) is 81.5 Å². The van der Waals surface area contributed by atoms with Crippen molar-refractivity contribution in [2.45, 2.75) is 258 Å². The van der Waals surface area contributed by atoms with Crippen molar-refractivity contribution in [2.24, 2.45) is 0 Å². The maximum Gasteiger partial charge on any atom is 0.306 e. The van der Waals surface area contributed by atoms with E-state index in [4.69, 9.17) is 14.2 Å². The normalized spacial score (nSPS) is 12.7. The van der Waals surface area contributed by atoms with E-state index < -0.39 is 6.10 Å². The van der Waals surface area contributed by atoms with E-state index >= 15 is 0 Å². The van der Waals surface area contributed by atoms with Gasteiger partial charge in [0, 0.05) is 19.4 Å². The summed E-state index contributed by atoms with van der Waals surface area (Å²) >= 11 is 0. The van der Waals surface area contributed by atoms with Gasteiger partial charge >= 0.3 is 11.9 Å². The van der Waals surface area contributed by atoms with Crippen molar-refractivity contribution < 1.29 is 23.8 Å². The number of ether oxygens (including phenoxy) is 3. The summed E-state index contributed by atoms with van der Waals surface area (Å²) in [6.45, 7) is 7.67. The number of carbonyl (C=O) groups excluding carboxylic acids is 2. The summed E-state index contributed by atoms with van der Waals surface area (Å²) in [6.07, 6.45) is 63.7. The number of esters is 2. The number of rotatable bonds is 47. The Balaban J connectivity index is 4.31. The highest BCUT2D eigenvalue weighted by Crippen LogP contribution is 2.15. The molecule has 0 amide bonds. The van der Waals surface area contributed by atoms with Crippen LogP contribution in [0.2, 0.25) is 0 Å². The molecule has 0 fully saturated rings. The molecule has 0 aromatic carbocycles. The molecule has 0 rings (SSSR count). The van der Waals surface area contributed by atoms with Crippen molar-refractivity contribution in [1.82, 2.24) is 0 Å². The molecule has 0 radical (unpaired) electrons. The molecular weight excluding hydrogens is 741 g/mol. The molecule has 60 heavy (non-hydrogen) atoms. The molecule has 0 spiro atoms. The number of hydrogen-bond donors (Lipinski definition) is 0. The van der Waals surface area contributed by atoms with Gasteiger partial charge in [-0.05, 0) is 83.5 Å². The van der Waals surface area contributed by atoms with Gasteiger partial charge in [0.05, 0.1) is 6.61 Å². The Labute approximate surface area is 373 Å². The minimum absolute atomic E-state index is 0.0620. The summed E-state index contributed by atoms with van der Waals surface area (Å²) in [7, 11) is 0. The van der Waals surface area contributed by atoms with Gasteiger partial charge in [0.15, 0.2) is 6.10 Å². The van der Waals surface area contributed by atoms with Crippen LogP contribution < -0.4 is 0 Å². The van der Waals surface area contributed by atoms with E-state index in [9.17, 15) is 9.59 Å². The first-order valence-electron chi connectivity index (χ1n) is 25.8. The summed E-state index contributed by atoms with van der Waals surface area (Å²) in [6, 6.07) is 0. The predicted octanol–water partition coefficient (Wildman–Crippen LogP) is 17.3. The Kier molecular flexibility index (Phi) is 48.9. The first-order valence-corrected chi connectivity index (χ1v) is 25.8. The standard InChI is InChI=1S/C55H98O5/c1-4-7-10-13-16-19-22-25-27-29-32-35-38-41-44-47-50-58-51-53(60-55(57)49-46-43-40-37-34-30-24-21-18-15-12-9-6-3)52-59-54(56)48-45-42-39-36-33-31-28-26-23-20-17-14-11-8-5-2/h8,11,17,20-21,24,26,28,33,36,53H,4-7,9-10,12-16,18-19,22-23,25,27,29-32,34-35,37-52H2,1-3H3/b11-8-,20-17-,24-21-,28-26-,36-33-/t53-/m1/s1. The zero-order chi connectivity index (χ0) is 43.5. The summed E-state index contributed by atoms with van der Waals surface area (Å²) in [4.78, 5) is 25.4. The van der Waals surface area contributed by atoms with Crippen LogP contribution in [0.15, 0.2) is 60.8 Å². The molecule has 0 unspecified atom stereocenters. The van der Waals surface area contributed by atoms with Crippen molar-refractivity contribution in [3.8, 4) is 0 Å². The molecule has 0 aliphatic heterocycles. The molecule has 1 atom stereocenters. The molecule has 0 aliphatic carbocycles. The van der Waals surface area contributed by atoms with Crippen LogP contribution in [-0.4, -0.2) is 37.9 Å². The Morgan fingerprint density at radius 3 is 1.27 bits per heavy atom. The average Bonchev–Trinajstić information content (AvgIpc) is 3.25. The lowest BCUT2D eigenvalue weighted by Gasteiger charge is -2.18. The van der Waals surface area contributed by atoms with E-state index in [0.717, 1.165) is 83.5 Å². The Morgan fingerprint density at radius 1 is 0.383 bits per heavy atom. The fourth-order valence-electron chi connectivity index (χ4n) is 7.20. The summed E-state index contributed by atoms with van der Waals surface area (Å²) in [5.41, 5.74) is 0. The summed E-state index contributed by atoms with van der Waals surface area (Å²) < 4.78 is 17.4. The Hall–Kier alpha value is -2.40. The molecule has 0 bridgehead atoms. The molecule has 0 saturated heterocycles. The fourth-order valence-corrected chi connectivity index (χ4v) is 7.20. The van der Waals surface area contributed by atoms with Gasteiger partial charge in [-0.2, -0.15) is 0 Å². The van der Waals surface area contributed by atoms with Gasteiger partial charge in [0.25, 0.3) is 0 Å². The second-order valence-electron chi connectivity index (χ2n) is 17.0. The third kappa shape index (κ3) is 48.3. The molecular formula is C55H98O5. The monoisotopic (exact) mass is 839 g/mol. The minimum atomic E-state index is -0.555. The van der Waals surface area contributed by atoms with Crippen molar-refractivity contribution in [2.75, 3.05) is 19.8 Å². The SMILES string of the molecule is CC/C=C\C/C=C\C/C=C\C/C=C\CCCCC(=O)OC[C@@H](COCCCCCCCCCCCCCCCCCC)OC(=O)CCCCCCC/C=C\CCCCCC. The van der Waals surface area contributed by atoms with Crippen LogP contribution in [0.25, 0.3) is 0 Å². The highest BCUT2D eigenvalue weighted by molar-refractivity contribution is 5.70. The van der Waals surface area contributed by atoms with Crippen LogP contribution in [0.1, 0.15) is 252 Å². The van der Waals surface area contributed by atoms with Crippen LogP contribution in [0.5, 0.6) is 0 Å². The second kappa shape index (κ2) is 51.0. The van der Waals surface area contributed by atoms with E-state index in [1.54, 1.807) is 0 Å². The highest BCUT2D eigenvalue weighted by Gasteiger charge is 2.17. The van der Waals surface area contributed by atoms with Crippen LogP contribution >= 0.6 is 0 Å². The van der Waals surface area contributed by atoms with Crippen molar-refractivity contribution >= 4 is 11.9 Å². The molecule has 0 aromatic heterocycles. The van der Waals surface area contributed by atoms with Gasteiger partial charge in [-0.25, -0.2) is 0 Å². The van der Waals surface area contributed by atoms with Gasteiger partial charge in [-0.3, -0.25) is 9.59 Å². The van der Waals surface area contributed by atoms with E-state index in [0.29, 0.717) is 19.4 Å². The zero-order valence-corrected chi connectivity index (χ0v) is 40.0. The van der Waals surface area contributed by atoms with Crippen LogP contribution in [0.3, 0.4) is 0 Å². The number of carbonyl (C=O) groups is 2. The minimum Gasteiger partial charge on any atom is -0.462 e. The Bertz CT molecular complexity index is 1040. The van der Waals surface area contributed by atoms with Gasteiger partial charge in [0.1, 0.15) is 6.61 Å². The fraction of sp³-hybridized carbons (Fsp3) is 0.782. The van der Waals surface area contributed by atoms with Gasteiger partial charge in [-0.15, -0.1) is 0 Å². The van der Waals surface area contributed by atoms with Gasteiger partial charge < -0.3 is 14.2 Å². The third-order valence-electron chi connectivity index (χ3n) is 11.0. The largest absolute Gasteiger partial charge is 0.462 e. The molecule has 0 aliphatic rings. The molecule has 0 heterocycles. The highest BCUT2D eigenvalue weighted by atomic mass is 16.6. The lowest BCUT2D eigenvalue weighted by atomic mass is 10.0. The lowest BCUT2D eigenvalue weighted by Crippen LogP contribution is -2.30. The number of allylic oxidation sites excluding steroid dienone is 10. The second-order valence-corrected chi connectivity index (χ2v) is 17.0. The Morgan fingerprint density at radius 2 is 0.750 bits per heavy atom. The molecule has 0 aromatic rings. The van der Waals surface area contributed by atoms with Crippen LogP contribution in [0.4, 0.5) is 0 Å². The third-order valence-corrected chi connectivity index (χ3v) is 11.0. The topological polar surface area (TPSA) is 61.8 Å². The van der Waals surface area contributed by atoms with Crippen molar-refractivity contribution in [1.29, 1.82) is 0 Å². The quantitative estimate of drug-likeness (QED) is 0.0347.